The summed E-state index contributed by atoms with van der Waals surface area (Å²) in [5, 5.41) is 0. The van der Waals surface area contributed by atoms with E-state index in [0.717, 1.165) is 12.3 Å². The fourth-order valence-corrected chi connectivity index (χ4v) is 4.43. The Balaban J connectivity index is 2.10. The van der Waals surface area contributed by atoms with Gasteiger partial charge in [-0.05, 0) is 12.1 Å². The van der Waals surface area contributed by atoms with E-state index in [1.54, 1.807) is 0 Å². The van der Waals surface area contributed by atoms with Crippen LogP contribution in [0.5, 0.6) is 0 Å². The maximum atomic E-state index is 13.0. The molecule has 0 bridgehead atoms. The number of hydrogen-bond donors (Lipinski definition) is 0. The largest absolute Gasteiger partial charge is 0.433 e. The van der Waals surface area contributed by atoms with E-state index in [9.17, 15) is 26.4 Å². The number of nitrogens with zero attached hydrogens (tertiary/aromatic N) is 6. The lowest BCUT2D eigenvalue weighted by Gasteiger charge is -2.10. The lowest BCUT2D eigenvalue weighted by atomic mass is 10.3. The molecule has 0 atom stereocenters. The van der Waals surface area contributed by atoms with E-state index in [-0.39, 0.29) is 38.8 Å². The number of hydrogen-bond acceptors (Lipinski definition) is 6. The molecule has 0 aliphatic carbocycles. The van der Waals surface area contributed by atoms with E-state index in [2.05, 4.69) is 15.0 Å². The fourth-order valence-electron chi connectivity index (χ4n) is 3.40. The highest BCUT2D eigenvalue weighted by atomic mass is 32.2. The average molecular weight is 454 g/mol. The topological polar surface area (TPSA) is 105 Å². The van der Waals surface area contributed by atoms with Gasteiger partial charge in [0.2, 0.25) is 0 Å². The van der Waals surface area contributed by atoms with Crippen LogP contribution in [0.15, 0.2) is 28.0 Å². The molecule has 9 nitrogen and oxygen atoms in total. The van der Waals surface area contributed by atoms with Gasteiger partial charge in [-0.15, -0.1) is 0 Å². The molecule has 0 unspecified atom stereocenters. The van der Waals surface area contributed by atoms with Crippen molar-refractivity contribution in [2.24, 2.45) is 21.1 Å². The molecule has 0 saturated heterocycles. The van der Waals surface area contributed by atoms with Crippen molar-refractivity contribution in [2.75, 3.05) is 5.75 Å². The Bertz CT molecular complexity index is 1530. The van der Waals surface area contributed by atoms with Gasteiger partial charge in [0.15, 0.2) is 21.3 Å². The van der Waals surface area contributed by atoms with Gasteiger partial charge in [0.05, 0.1) is 33.4 Å². The minimum atomic E-state index is -4.65. The second kappa shape index (κ2) is 6.64. The monoisotopic (exact) mass is 454 g/mol. The van der Waals surface area contributed by atoms with Crippen molar-refractivity contribution in [1.29, 1.82) is 0 Å². The van der Waals surface area contributed by atoms with Crippen molar-refractivity contribution in [3.05, 3.63) is 34.5 Å². The zero-order valence-corrected chi connectivity index (χ0v) is 17.7. The molecule has 164 valence electrons. The predicted octanol–water partition coefficient (Wildman–Crippen LogP) is 2.03. The van der Waals surface area contributed by atoms with Crippen LogP contribution < -0.4 is 5.69 Å². The molecular weight excluding hydrogens is 437 g/mol. The maximum absolute atomic E-state index is 13.0. The van der Waals surface area contributed by atoms with Crippen LogP contribution in [0.4, 0.5) is 13.2 Å². The summed E-state index contributed by atoms with van der Waals surface area (Å²) in [5.74, 6) is -0.195. The molecule has 4 aromatic rings. The number of fused-ring (bicyclic) bond motifs is 2. The lowest BCUT2D eigenvalue weighted by molar-refractivity contribution is -0.141. The minimum Gasteiger partial charge on any atom is -0.324 e. The summed E-state index contributed by atoms with van der Waals surface area (Å²) in [6.07, 6.45) is -3.62. The summed E-state index contributed by atoms with van der Waals surface area (Å²) in [5.41, 5.74) is -0.775. The third-order valence-corrected chi connectivity index (χ3v) is 6.93. The highest BCUT2D eigenvalue weighted by molar-refractivity contribution is 7.91. The number of halogens is 3. The van der Waals surface area contributed by atoms with Gasteiger partial charge < -0.3 is 4.57 Å². The molecule has 0 aromatic carbocycles. The van der Waals surface area contributed by atoms with Crippen molar-refractivity contribution < 1.29 is 21.6 Å². The molecule has 0 spiro atoms. The standard InChI is InChI=1S/C18H17F3N6O3S/c1-5-31(29,30)12-7-10-15(27(4)17(28)26(10)3)24-14(12)16-23-9-6-13(18(19,20)21)22-8-11(9)25(16)2/h6-8H,5H2,1-4H3. The fraction of sp³-hybridized carbons (Fsp3) is 0.333. The zero-order chi connectivity index (χ0) is 22.9. The van der Waals surface area contributed by atoms with Crippen molar-refractivity contribution in [3.63, 3.8) is 0 Å². The van der Waals surface area contributed by atoms with Crippen LogP contribution in [0, 0.1) is 0 Å². The van der Waals surface area contributed by atoms with E-state index in [4.69, 9.17) is 0 Å². The average Bonchev–Trinajstić information content (AvgIpc) is 3.16. The van der Waals surface area contributed by atoms with Gasteiger partial charge >= 0.3 is 11.9 Å². The molecule has 0 aliphatic rings. The third kappa shape index (κ3) is 3.10. The number of imidazole rings is 2. The SMILES string of the molecule is CCS(=O)(=O)c1cc2c(nc1-c1nc3cc(C(F)(F)F)ncc3n1C)n(C)c(=O)n2C. The summed E-state index contributed by atoms with van der Waals surface area (Å²) in [6, 6.07) is 2.14. The first kappa shape index (κ1) is 21.0. The van der Waals surface area contributed by atoms with E-state index < -0.39 is 27.4 Å². The van der Waals surface area contributed by atoms with Crippen molar-refractivity contribution in [1.82, 2.24) is 28.7 Å². The molecule has 31 heavy (non-hydrogen) atoms. The van der Waals surface area contributed by atoms with Crippen LogP contribution in [0.25, 0.3) is 33.7 Å². The molecule has 4 rings (SSSR count). The third-order valence-electron chi connectivity index (χ3n) is 5.19. The minimum absolute atomic E-state index is 0.0106. The normalized spacial score (nSPS) is 12.9. The molecule has 0 saturated carbocycles. The summed E-state index contributed by atoms with van der Waals surface area (Å²) in [4.78, 5) is 24.2. The first-order chi connectivity index (χ1) is 14.4. The number of sulfone groups is 1. The predicted molar refractivity (Wildman–Crippen MR) is 106 cm³/mol. The van der Waals surface area contributed by atoms with Crippen LogP contribution in [-0.2, 0) is 37.2 Å². The molecule has 0 aliphatic heterocycles. The van der Waals surface area contributed by atoms with Gasteiger partial charge in [0.1, 0.15) is 11.4 Å². The van der Waals surface area contributed by atoms with Gasteiger partial charge in [-0.3, -0.25) is 9.13 Å². The smallest absolute Gasteiger partial charge is 0.324 e. The Morgan fingerprint density at radius 1 is 1.00 bits per heavy atom. The Morgan fingerprint density at radius 2 is 1.68 bits per heavy atom. The maximum Gasteiger partial charge on any atom is 0.433 e. The van der Waals surface area contributed by atoms with Crippen molar-refractivity contribution >= 4 is 32.0 Å². The molecule has 0 fully saturated rings. The Kier molecular flexibility index (Phi) is 4.50. The van der Waals surface area contributed by atoms with Gasteiger partial charge in [0.25, 0.3) is 0 Å². The first-order valence-electron chi connectivity index (χ1n) is 9.06. The van der Waals surface area contributed by atoms with Crippen molar-refractivity contribution in [2.45, 2.75) is 18.0 Å². The second-order valence-corrected chi connectivity index (χ2v) is 9.28. The quantitative estimate of drug-likeness (QED) is 0.469. The summed E-state index contributed by atoms with van der Waals surface area (Å²) in [6.45, 7) is 1.46. The number of rotatable bonds is 3. The summed E-state index contributed by atoms with van der Waals surface area (Å²) >= 11 is 0. The van der Waals surface area contributed by atoms with Gasteiger partial charge in [-0.2, -0.15) is 13.2 Å². The molecule has 4 aromatic heterocycles. The molecule has 0 N–H and O–H groups in total. The van der Waals surface area contributed by atoms with Gasteiger partial charge in [0, 0.05) is 21.1 Å². The molecular formula is C18H17F3N6O3S. The van der Waals surface area contributed by atoms with Crippen LogP contribution >= 0.6 is 0 Å². The number of alkyl halides is 3. The Labute approximate surface area is 173 Å². The Hall–Kier alpha value is -3.22. The van der Waals surface area contributed by atoms with Gasteiger partial charge in [-0.25, -0.2) is 28.2 Å². The lowest BCUT2D eigenvalue weighted by Crippen LogP contribution is -2.19. The van der Waals surface area contributed by atoms with E-state index >= 15 is 0 Å². The summed E-state index contributed by atoms with van der Waals surface area (Å²) < 4.78 is 68.7. The molecule has 0 amide bonds. The van der Waals surface area contributed by atoms with E-state index in [1.165, 1.54) is 47.8 Å². The van der Waals surface area contributed by atoms with Crippen LogP contribution in [0.2, 0.25) is 0 Å². The summed E-state index contributed by atoms with van der Waals surface area (Å²) in [7, 11) is 0.699. The highest BCUT2D eigenvalue weighted by Crippen LogP contribution is 2.33. The number of aryl methyl sites for hydroxylation is 3. The zero-order valence-electron chi connectivity index (χ0n) is 16.9. The first-order valence-corrected chi connectivity index (χ1v) is 10.7. The van der Waals surface area contributed by atoms with Crippen LogP contribution in [-0.4, -0.2) is 42.8 Å². The van der Waals surface area contributed by atoms with Gasteiger partial charge in [-0.1, -0.05) is 6.92 Å². The van der Waals surface area contributed by atoms with Crippen LogP contribution in [0.1, 0.15) is 12.6 Å². The second-order valence-electron chi connectivity index (χ2n) is 7.03. The highest BCUT2D eigenvalue weighted by Gasteiger charge is 2.33. The number of pyridine rings is 2. The number of aromatic nitrogens is 6. The van der Waals surface area contributed by atoms with Crippen molar-refractivity contribution in [3.8, 4) is 11.5 Å². The van der Waals surface area contributed by atoms with Crippen LogP contribution in [0.3, 0.4) is 0 Å². The van der Waals surface area contributed by atoms with E-state index in [0.29, 0.717) is 5.52 Å². The Morgan fingerprint density at radius 3 is 2.29 bits per heavy atom. The molecule has 13 heteroatoms. The molecule has 0 radical (unpaired) electrons. The van der Waals surface area contributed by atoms with E-state index in [1.807, 2.05) is 0 Å². The molecule has 4 heterocycles.